The lowest BCUT2D eigenvalue weighted by Gasteiger charge is -2.33. The van der Waals surface area contributed by atoms with Gasteiger partial charge in [-0.1, -0.05) is 20.8 Å². The summed E-state index contributed by atoms with van der Waals surface area (Å²) in [5.74, 6) is 0.677. The van der Waals surface area contributed by atoms with E-state index in [4.69, 9.17) is 0 Å². The normalized spacial score (nSPS) is 20.2. The smallest absolute Gasteiger partial charge is 0.262 e. The lowest BCUT2D eigenvalue weighted by Crippen LogP contribution is -2.29. The van der Waals surface area contributed by atoms with E-state index in [1.54, 1.807) is 22.2 Å². The second-order valence-electron chi connectivity index (χ2n) is 8.82. The molecule has 1 saturated carbocycles. The number of thiophene rings is 1. The van der Waals surface area contributed by atoms with E-state index in [-0.39, 0.29) is 16.9 Å². The highest BCUT2D eigenvalue weighted by molar-refractivity contribution is 7.18. The van der Waals surface area contributed by atoms with Gasteiger partial charge in [0.1, 0.15) is 4.83 Å². The summed E-state index contributed by atoms with van der Waals surface area (Å²) in [5, 5.41) is 3.77. The van der Waals surface area contributed by atoms with Gasteiger partial charge >= 0.3 is 0 Å². The van der Waals surface area contributed by atoms with Gasteiger partial charge in [0, 0.05) is 23.9 Å². The summed E-state index contributed by atoms with van der Waals surface area (Å²) in [7, 11) is 0. The van der Waals surface area contributed by atoms with Crippen molar-refractivity contribution in [2.24, 2.45) is 11.3 Å². The number of aromatic nitrogens is 2. The average Bonchev–Trinajstić information content (AvgIpc) is 3.30. The fraction of sp³-hybridized carbons (Fsp3) is 0.650. The highest BCUT2D eigenvalue weighted by atomic mass is 32.1. The largest absolute Gasteiger partial charge is 0.353 e. The predicted octanol–water partition coefficient (Wildman–Crippen LogP) is 3.28. The molecule has 4 rings (SSSR count). The van der Waals surface area contributed by atoms with Crippen LogP contribution in [0.3, 0.4) is 0 Å². The van der Waals surface area contributed by atoms with Crippen LogP contribution < -0.4 is 10.9 Å². The molecule has 0 radical (unpaired) electrons. The number of nitrogens with one attached hydrogen (secondary N) is 1. The van der Waals surface area contributed by atoms with Crippen LogP contribution >= 0.6 is 11.3 Å². The summed E-state index contributed by atoms with van der Waals surface area (Å²) in [6.07, 6.45) is 7.23. The molecule has 1 fully saturated rings. The zero-order chi connectivity index (χ0) is 18.5. The lowest BCUT2D eigenvalue weighted by molar-refractivity contribution is -0.121. The third-order valence-electron chi connectivity index (χ3n) is 5.78. The summed E-state index contributed by atoms with van der Waals surface area (Å²) in [6, 6.07) is 0.361. The van der Waals surface area contributed by atoms with Crippen LogP contribution in [0.25, 0.3) is 10.2 Å². The summed E-state index contributed by atoms with van der Waals surface area (Å²) in [4.78, 5) is 31.6. The van der Waals surface area contributed by atoms with Crippen molar-refractivity contribution in [1.29, 1.82) is 0 Å². The van der Waals surface area contributed by atoms with E-state index in [1.165, 1.54) is 10.4 Å². The Morgan fingerprint density at radius 2 is 2.12 bits per heavy atom. The molecule has 1 N–H and O–H groups in total. The van der Waals surface area contributed by atoms with Crippen LogP contribution in [0, 0.1) is 11.3 Å². The maximum Gasteiger partial charge on any atom is 0.262 e. The second-order valence-corrected chi connectivity index (χ2v) is 9.91. The van der Waals surface area contributed by atoms with Crippen LogP contribution in [0.1, 0.15) is 56.9 Å². The predicted molar refractivity (Wildman–Crippen MR) is 105 cm³/mol. The highest BCUT2D eigenvalue weighted by Crippen LogP contribution is 2.41. The van der Waals surface area contributed by atoms with E-state index < -0.39 is 0 Å². The minimum Gasteiger partial charge on any atom is -0.353 e. The van der Waals surface area contributed by atoms with Crippen LogP contribution in [0.15, 0.2) is 11.1 Å². The molecular weight excluding hydrogens is 346 g/mol. The average molecular weight is 374 g/mol. The van der Waals surface area contributed by atoms with Crippen molar-refractivity contribution in [3.8, 4) is 0 Å². The van der Waals surface area contributed by atoms with Gasteiger partial charge in [-0.25, -0.2) is 4.98 Å². The number of carbonyl (C=O) groups excluding carboxylic acids is 1. The van der Waals surface area contributed by atoms with Crippen molar-refractivity contribution in [3.63, 3.8) is 0 Å². The first-order valence-electron chi connectivity index (χ1n) is 9.62. The summed E-state index contributed by atoms with van der Waals surface area (Å²) in [6.45, 7) is 7.30. The number of rotatable bonds is 4. The Morgan fingerprint density at radius 1 is 1.35 bits per heavy atom. The Balaban J connectivity index is 1.58. The van der Waals surface area contributed by atoms with E-state index in [1.807, 2.05) is 0 Å². The Kier molecular flexibility index (Phi) is 4.41. The fourth-order valence-corrected chi connectivity index (χ4v) is 5.11. The number of carbonyl (C=O) groups is 1. The number of hydrogen-bond acceptors (Lipinski definition) is 4. The third kappa shape index (κ3) is 3.43. The molecule has 140 valence electrons. The molecule has 1 atom stereocenters. The molecule has 0 aliphatic heterocycles. The Labute approximate surface area is 157 Å². The van der Waals surface area contributed by atoms with Gasteiger partial charge in [0.15, 0.2) is 0 Å². The maximum absolute atomic E-state index is 13.0. The first-order chi connectivity index (χ1) is 12.3. The van der Waals surface area contributed by atoms with Crippen molar-refractivity contribution in [1.82, 2.24) is 14.9 Å². The number of aryl methyl sites for hydroxylation is 2. The molecule has 1 amide bonds. The van der Waals surface area contributed by atoms with Gasteiger partial charge in [-0.3, -0.25) is 14.2 Å². The van der Waals surface area contributed by atoms with E-state index in [2.05, 4.69) is 31.1 Å². The second kappa shape index (κ2) is 6.48. The topological polar surface area (TPSA) is 64.0 Å². The molecule has 5 nitrogen and oxygen atoms in total. The minimum atomic E-state index is 0.0148. The minimum absolute atomic E-state index is 0.0148. The van der Waals surface area contributed by atoms with Gasteiger partial charge in [-0.05, 0) is 49.0 Å². The maximum atomic E-state index is 13.0. The van der Waals surface area contributed by atoms with Crippen LogP contribution in [-0.2, 0) is 24.2 Å². The van der Waals surface area contributed by atoms with Crippen molar-refractivity contribution in [2.45, 2.75) is 71.9 Å². The van der Waals surface area contributed by atoms with Crippen LogP contribution in [0.5, 0.6) is 0 Å². The first kappa shape index (κ1) is 17.7. The number of hydrogen-bond donors (Lipinski definition) is 1. The number of amides is 1. The highest BCUT2D eigenvalue weighted by Gasteiger charge is 2.31. The Morgan fingerprint density at radius 3 is 2.81 bits per heavy atom. The SMILES string of the molecule is CC(C)(C)C1CCc2c(sc3ncn(CCC(=O)NC4CC4)c(=O)c23)C1. The summed E-state index contributed by atoms with van der Waals surface area (Å²) >= 11 is 1.68. The number of nitrogens with zero attached hydrogens (tertiary/aromatic N) is 2. The Bertz CT molecular complexity index is 902. The van der Waals surface area contributed by atoms with Crippen LogP contribution in [0.4, 0.5) is 0 Å². The zero-order valence-electron chi connectivity index (χ0n) is 15.8. The van der Waals surface area contributed by atoms with E-state index >= 15 is 0 Å². The van der Waals surface area contributed by atoms with E-state index in [9.17, 15) is 9.59 Å². The number of fused-ring (bicyclic) bond motifs is 3. The van der Waals surface area contributed by atoms with Gasteiger partial charge in [-0.15, -0.1) is 11.3 Å². The molecule has 2 aliphatic rings. The molecule has 0 saturated heterocycles. The fourth-order valence-electron chi connectivity index (χ4n) is 3.85. The first-order valence-corrected chi connectivity index (χ1v) is 10.4. The van der Waals surface area contributed by atoms with Gasteiger partial charge in [0.2, 0.25) is 5.91 Å². The molecule has 2 aromatic heterocycles. The molecule has 0 spiro atoms. The zero-order valence-corrected chi connectivity index (χ0v) is 16.6. The molecular formula is C20H27N3O2S. The van der Waals surface area contributed by atoms with Gasteiger partial charge in [0.05, 0.1) is 11.7 Å². The van der Waals surface area contributed by atoms with Crippen molar-refractivity contribution in [3.05, 3.63) is 27.1 Å². The van der Waals surface area contributed by atoms with Gasteiger partial charge in [0.25, 0.3) is 5.56 Å². The monoisotopic (exact) mass is 373 g/mol. The standard InChI is InChI=1S/C20H27N3O2S/c1-20(2,3)12-4-7-14-15(10-12)26-18-17(14)19(25)23(11-21-18)9-8-16(24)22-13-5-6-13/h11-13H,4-10H2,1-3H3,(H,22,24). The van der Waals surface area contributed by atoms with Gasteiger partial charge in [-0.2, -0.15) is 0 Å². The summed E-state index contributed by atoms with van der Waals surface area (Å²) in [5.41, 5.74) is 1.51. The van der Waals surface area contributed by atoms with E-state index in [0.717, 1.165) is 42.3 Å². The van der Waals surface area contributed by atoms with Crippen molar-refractivity contribution < 1.29 is 4.79 Å². The third-order valence-corrected chi connectivity index (χ3v) is 6.95. The Hall–Kier alpha value is -1.69. The molecule has 0 bridgehead atoms. The van der Waals surface area contributed by atoms with E-state index in [0.29, 0.717) is 24.9 Å². The molecule has 2 heterocycles. The molecule has 2 aliphatic carbocycles. The summed E-state index contributed by atoms with van der Waals surface area (Å²) < 4.78 is 1.61. The lowest BCUT2D eigenvalue weighted by atomic mass is 9.72. The van der Waals surface area contributed by atoms with Crippen molar-refractivity contribution >= 4 is 27.5 Å². The van der Waals surface area contributed by atoms with Gasteiger partial charge < -0.3 is 5.32 Å². The quantitative estimate of drug-likeness (QED) is 0.894. The van der Waals surface area contributed by atoms with Crippen LogP contribution in [0.2, 0.25) is 0 Å². The molecule has 0 aromatic carbocycles. The molecule has 2 aromatic rings. The molecule has 26 heavy (non-hydrogen) atoms. The molecule has 1 unspecified atom stereocenters. The molecule has 6 heteroatoms. The van der Waals surface area contributed by atoms with Crippen LogP contribution in [-0.4, -0.2) is 21.5 Å². The van der Waals surface area contributed by atoms with Crippen molar-refractivity contribution in [2.75, 3.05) is 0 Å².